The molecule has 1 heterocycles. The Balaban J connectivity index is 2.26. The summed E-state index contributed by atoms with van der Waals surface area (Å²) >= 11 is 0. The van der Waals surface area contributed by atoms with Gasteiger partial charge in [-0.1, -0.05) is 6.07 Å². The van der Waals surface area contributed by atoms with Crippen LogP contribution in [-0.2, 0) is 17.5 Å². The number of hydrogen-bond donors (Lipinski definition) is 1. The standard InChI is InChI=1S/C14H18F3N3O/c1-10(21)19-4-6-20(7-5-19)13-3-2-11(9-18)8-12(13)14(15,16)17/h2-3,8H,4-7,9,18H2,1H3. The zero-order chi connectivity index (χ0) is 15.6. The second-order valence-electron chi connectivity index (χ2n) is 5.05. The van der Waals surface area contributed by atoms with Crippen molar-refractivity contribution in [1.82, 2.24) is 4.90 Å². The number of hydrogen-bond acceptors (Lipinski definition) is 3. The quantitative estimate of drug-likeness (QED) is 0.906. The molecule has 1 fully saturated rings. The zero-order valence-electron chi connectivity index (χ0n) is 11.8. The van der Waals surface area contributed by atoms with Crippen LogP contribution in [-0.4, -0.2) is 37.0 Å². The monoisotopic (exact) mass is 301 g/mol. The van der Waals surface area contributed by atoms with Crippen LogP contribution < -0.4 is 10.6 Å². The predicted molar refractivity (Wildman–Crippen MR) is 73.8 cm³/mol. The molecule has 2 rings (SSSR count). The molecule has 0 unspecified atom stereocenters. The normalized spacial score (nSPS) is 16.2. The van der Waals surface area contributed by atoms with Crippen molar-refractivity contribution in [2.24, 2.45) is 5.73 Å². The smallest absolute Gasteiger partial charge is 0.367 e. The van der Waals surface area contributed by atoms with E-state index in [1.54, 1.807) is 15.9 Å². The molecule has 0 bridgehead atoms. The summed E-state index contributed by atoms with van der Waals surface area (Å²) in [7, 11) is 0. The molecule has 7 heteroatoms. The van der Waals surface area contributed by atoms with Gasteiger partial charge in [0.1, 0.15) is 0 Å². The van der Waals surface area contributed by atoms with Crippen LogP contribution in [0.5, 0.6) is 0 Å². The van der Waals surface area contributed by atoms with Gasteiger partial charge in [0.2, 0.25) is 5.91 Å². The number of alkyl halides is 3. The van der Waals surface area contributed by atoms with Gasteiger partial charge in [0.05, 0.1) is 5.56 Å². The maximum Gasteiger partial charge on any atom is 0.418 e. The van der Waals surface area contributed by atoms with Crippen LogP contribution in [0.25, 0.3) is 0 Å². The number of anilines is 1. The van der Waals surface area contributed by atoms with Gasteiger partial charge in [-0.25, -0.2) is 0 Å². The molecule has 1 aliphatic heterocycles. The molecule has 0 saturated carbocycles. The third-order valence-electron chi connectivity index (χ3n) is 3.67. The number of benzene rings is 1. The van der Waals surface area contributed by atoms with Crippen LogP contribution in [0.3, 0.4) is 0 Å². The predicted octanol–water partition coefficient (Wildman–Crippen LogP) is 1.83. The molecule has 1 aromatic carbocycles. The summed E-state index contributed by atoms with van der Waals surface area (Å²) in [6.07, 6.45) is -4.42. The van der Waals surface area contributed by atoms with E-state index in [0.29, 0.717) is 31.7 Å². The van der Waals surface area contributed by atoms with E-state index >= 15 is 0 Å². The third kappa shape index (κ3) is 3.47. The summed E-state index contributed by atoms with van der Waals surface area (Å²) in [6, 6.07) is 4.18. The lowest BCUT2D eigenvalue weighted by atomic mass is 10.1. The van der Waals surface area contributed by atoms with Gasteiger partial charge >= 0.3 is 6.18 Å². The summed E-state index contributed by atoms with van der Waals surface area (Å²) in [5, 5.41) is 0. The van der Waals surface area contributed by atoms with Gasteiger partial charge in [0, 0.05) is 45.3 Å². The molecule has 21 heavy (non-hydrogen) atoms. The van der Waals surface area contributed by atoms with Crippen molar-refractivity contribution in [3.63, 3.8) is 0 Å². The van der Waals surface area contributed by atoms with Crippen molar-refractivity contribution in [3.05, 3.63) is 29.3 Å². The number of rotatable bonds is 2. The molecule has 0 radical (unpaired) electrons. The van der Waals surface area contributed by atoms with Gasteiger partial charge in [0.15, 0.2) is 0 Å². The minimum atomic E-state index is -4.42. The molecule has 4 nitrogen and oxygen atoms in total. The van der Waals surface area contributed by atoms with Crippen molar-refractivity contribution in [2.45, 2.75) is 19.6 Å². The highest BCUT2D eigenvalue weighted by Crippen LogP contribution is 2.37. The Labute approximate surface area is 121 Å². The molecule has 1 aliphatic rings. The molecule has 1 aromatic rings. The summed E-state index contributed by atoms with van der Waals surface area (Å²) in [6.45, 7) is 3.19. The number of nitrogens with two attached hydrogens (primary N) is 1. The Hall–Kier alpha value is -1.76. The van der Waals surface area contributed by atoms with E-state index in [4.69, 9.17) is 5.73 Å². The van der Waals surface area contributed by atoms with Gasteiger partial charge in [-0.05, 0) is 17.7 Å². The topological polar surface area (TPSA) is 49.6 Å². The lowest BCUT2D eigenvalue weighted by molar-refractivity contribution is -0.137. The van der Waals surface area contributed by atoms with Gasteiger partial charge in [-0.2, -0.15) is 13.2 Å². The molecule has 1 saturated heterocycles. The minimum Gasteiger partial charge on any atom is -0.367 e. The first kappa shape index (κ1) is 15.6. The highest BCUT2D eigenvalue weighted by atomic mass is 19.4. The summed E-state index contributed by atoms with van der Waals surface area (Å²) in [5.41, 5.74) is 5.36. The summed E-state index contributed by atoms with van der Waals surface area (Å²) in [4.78, 5) is 14.6. The SMILES string of the molecule is CC(=O)N1CCN(c2ccc(CN)cc2C(F)(F)F)CC1. The first-order valence-electron chi connectivity index (χ1n) is 6.73. The van der Waals surface area contributed by atoms with Crippen LogP contribution in [0.1, 0.15) is 18.1 Å². The summed E-state index contributed by atoms with van der Waals surface area (Å²) < 4.78 is 39.6. The third-order valence-corrected chi connectivity index (χ3v) is 3.67. The Morgan fingerprint density at radius 2 is 1.86 bits per heavy atom. The summed E-state index contributed by atoms with van der Waals surface area (Å²) in [5.74, 6) is -0.0517. The second kappa shape index (κ2) is 5.93. The van der Waals surface area contributed by atoms with Crippen molar-refractivity contribution in [2.75, 3.05) is 31.1 Å². The van der Waals surface area contributed by atoms with Crippen molar-refractivity contribution >= 4 is 11.6 Å². The van der Waals surface area contributed by atoms with Crippen LogP contribution in [0.4, 0.5) is 18.9 Å². The molecule has 0 aliphatic carbocycles. The molecule has 116 valence electrons. The van der Waals surface area contributed by atoms with Crippen molar-refractivity contribution < 1.29 is 18.0 Å². The Morgan fingerprint density at radius 3 is 2.33 bits per heavy atom. The fourth-order valence-corrected chi connectivity index (χ4v) is 2.48. The lowest BCUT2D eigenvalue weighted by Gasteiger charge is -2.36. The van der Waals surface area contributed by atoms with Crippen LogP contribution in [0.15, 0.2) is 18.2 Å². The number of carbonyl (C=O) groups excluding carboxylic acids is 1. The average molecular weight is 301 g/mol. The fraction of sp³-hybridized carbons (Fsp3) is 0.500. The minimum absolute atomic E-state index is 0.0517. The second-order valence-corrected chi connectivity index (χ2v) is 5.05. The highest BCUT2D eigenvalue weighted by Gasteiger charge is 2.35. The maximum atomic E-state index is 13.2. The van der Waals surface area contributed by atoms with Crippen molar-refractivity contribution in [1.29, 1.82) is 0 Å². The Bertz CT molecular complexity index is 523. The number of amides is 1. The van der Waals surface area contributed by atoms with Crippen molar-refractivity contribution in [3.8, 4) is 0 Å². The van der Waals surface area contributed by atoms with E-state index in [1.165, 1.54) is 13.0 Å². The highest BCUT2D eigenvalue weighted by molar-refractivity contribution is 5.73. The number of carbonyl (C=O) groups is 1. The van der Waals surface area contributed by atoms with E-state index < -0.39 is 11.7 Å². The fourth-order valence-electron chi connectivity index (χ4n) is 2.48. The van der Waals surface area contributed by atoms with E-state index in [-0.39, 0.29) is 18.1 Å². The Morgan fingerprint density at radius 1 is 1.24 bits per heavy atom. The van der Waals surface area contributed by atoms with Crippen LogP contribution in [0, 0.1) is 0 Å². The van der Waals surface area contributed by atoms with E-state index in [0.717, 1.165) is 6.07 Å². The van der Waals surface area contributed by atoms with Gasteiger partial charge < -0.3 is 15.5 Å². The zero-order valence-corrected chi connectivity index (χ0v) is 11.8. The first-order chi connectivity index (χ1) is 9.82. The molecular weight excluding hydrogens is 283 g/mol. The van der Waals surface area contributed by atoms with E-state index in [1.807, 2.05) is 0 Å². The largest absolute Gasteiger partial charge is 0.418 e. The van der Waals surface area contributed by atoms with Gasteiger partial charge in [0.25, 0.3) is 0 Å². The lowest BCUT2D eigenvalue weighted by Crippen LogP contribution is -2.48. The number of piperazine rings is 1. The first-order valence-corrected chi connectivity index (χ1v) is 6.73. The van der Waals surface area contributed by atoms with E-state index in [2.05, 4.69) is 0 Å². The molecule has 2 N–H and O–H groups in total. The molecular formula is C14H18F3N3O. The molecule has 0 atom stereocenters. The molecule has 1 amide bonds. The van der Waals surface area contributed by atoms with Crippen LogP contribution in [0.2, 0.25) is 0 Å². The number of halogens is 3. The molecule has 0 spiro atoms. The maximum absolute atomic E-state index is 13.2. The van der Waals surface area contributed by atoms with Crippen LogP contribution >= 0.6 is 0 Å². The van der Waals surface area contributed by atoms with E-state index in [9.17, 15) is 18.0 Å². The number of nitrogens with zero attached hydrogens (tertiary/aromatic N) is 2. The molecule has 0 aromatic heterocycles. The Kier molecular flexibility index (Phi) is 4.41. The van der Waals surface area contributed by atoms with Gasteiger partial charge in [-0.3, -0.25) is 4.79 Å². The van der Waals surface area contributed by atoms with Gasteiger partial charge in [-0.15, -0.1) is 0 Å². The average Bonchev–Trinajstić information content (AvgIpc) is 2.46.